The molecule has 0 aliphatic carbocycles. The van der Waals surface area contributed by atoms with E-state index >= 15 is 0 Å². The van der Waals surface area contributed by atoms with Gasteiger partial charge in [0.1, 0.15) is 23.7 Å². The Hall–Kier alpha value is -3.15. The number of nitro benzene ring substituents is 1. The summed E-state index contributed by atoms with van der Waals surface area (Å²) >= 11 is 0. The van der Waals surface area contributed by atoms with Crippen LogP contribution in [0.25, 0.3) is 0 Å². The molecule has 6 heteroatoms. The van der Waals surface area contributed by atoms with E-state index in [9.17, 15) is 14.9 Å². The Morgan fingerprint density at radius 1 is 1.18 bits per heavy atom. The lowest BCUT2D eigenvalue weighted by atomic mass is 10.2. The molecule has 0 fully saturated rings. The molecule has 6 nitrogen and oxygen atoms in total. The number of nitrogens with zero attached hydrogens (tertiary/aromatic N) is 1. The van der Waals surface area contributed by atoms with Crippen molar-refractivity contribution in [2.45, 2.75) is 0 Å². The minimum absolute atomic E-state index is 0.0361. The maximum absolute atomic E-state index is 11.9. The minimum Gasteiger partial charge on any atom is -0.458 e. The van der Waals surface area contributed by atoms with Gasteiger partial charge in [-0.3, -0.25) is 10.1 Å². The van der Waals surface area contributed by atoms with Gasteiger partial charge in [-0.2, -0.15) is 0 Å². The summed E-state index contributed by atoms with van der Waals surface area (Å²) in [6.07, 6.45) is 1.47. The summed E-state index contributed by atoms with van der Waals surface area (Å²) in [6, 6.07) is 12.2. The van der Waals surface area contributed by atoms with Crippen molar-refractivity contribution >= 4 is 11.7 Å². The molecule has 0 saturated heterocycles. The maximum atomic E-state index is 11.9. The van der Waals surface area contributed by atoms with Gasteiger partial charge < -0.3 is 9.47 Å². The van der Waals surface area contributed by atoms with Crippen molar-refractivity contribution in [3.8, 4) is 11.5 Å². The Morgan fingerprint density at radius 2 is 1.86 bits per heavy atom. The lowest BCUT2D eigenvalue weighted by molar-refractivity contribution is -0.384. The predicted octanol–water partition coefficient (Wildman–Crippen LogP) is 3.73. The Morgan fingerprint density at radius 3 is 2.50 bits per heavy atom. The van der Waals surface area contributed by atoms with Gasteiger partial charge in [-0.25, -0.2) is 4.79 Å². The highest BCUT2D eigenvalue weighted by molar-refractivity contribution is 5.92. The normalized spacial score (nSPS) is 9.82. The summed E-state index contributed by atoms with van der Waals surface area (Å²) in [5, 5.41) is 10.6. The highest BCUT2D eigenvalue weighted by Gasteiger charge is 2.14. The molecule has 112 valence electrons. The first-order chi connectivity index (χ1) is 10.6. The molecule has 0 atom stereocenters. The molecular formula is C16H13NO5. The topological polar surface area (TPSA) is 78.7 Å². The quantitative estimate of drug-likeness (QED) is 0.351. The molecule has 0 radical (unpaired) electrons. The largest absolute Gasteiger partial charge is 0.458 e. The number of para-hydroxylation sites is 1. The molecule has 0 N–H and O–H groups in total. The number of benzene rings is 2. The zero-order valence-corrected chi connectivity index (χ0v) is 11.6. The Labute approximate surface area is 126 Å². The molecule has 22 heavy (non-hydrogen) atoms. The van der Waals surface area contributed by atoms with Crippen LogP contribution in [0.15, 0.2) is 61.2 Å². The summed E-state index contributed by atoms with van der Waals surface area (Å²) in [4.78, 5) is 22.0. The predicted molar refractivity (Wildman–Crippen MR) is 80.1 cm³/mol. The van der Waals surface area contributed by atoms with Gasteiger partial charge in [-0.05, 0) is 24.3 Å². The molecule has 0 saturated carbocycles. The standard InChI is InChI=1S/C16H13NO5/c1-2-11-21-16(18)14-5-3-4-6-15(14)22-13-9-7-12(8-10-13)17(19)20/h2-10H,1,11H2. The second-order valence-corrected chi connectivity index (χ2v) is 4.24. The fraction of sp³-hybridized carbons (Fsp3) is 0.0625. The number of hydrogen-bond acceptors (Lipinski definition) is 5. The molecular weight excluding hydrogens is 286 g/mol. The third-order valence-electron chi connectivity index (χ3n) is 2.71. The van der Waals surface area contributed by atoms with E-state index in [2.05, 4.69) is 6.58 Å². The average Bonchev–Trinajstić information content (AvgIpc) is 2.53. The third-order valence-corrected chi connectivity index (χ3v) is 2.71. The number of rotatable bonds is 6. The van der Waals surface area contributed by atoms with E-state index in [1.807, 2.05) is 0 Å². The number of hydrogen-bond donors (Lipinski definition) is 0. The lowest BCUT2D eigenvalue weighted by Crippen LogP contribution is -2.06. The minimum atomic E-state index is -0.530. The van der Waals surface area contributed by atoms with Crippen LogP contribution >= 0.6 is 0 Å². The number of ether oxygens (including phenoxy) is 2. The second kappa shape index (κ2) is 7.03. The lowest BCUT2D eigenvalue weighted by Gasteiger charge is -2.10. The zero-order valence-electron chi connectivity index (χ0n) is 11.6. The van der Waals surface area contributed by atoms with Crippen LogP contribution in [-0.4, -0.2) is 17.5 Å². The summed E-state index contributed by atoms with van der Waals surface area (Å²) in [5.74, 6) is 0.164. The first-order valence-corrected chi connectivity index (χ1v) is 6.41. The van der Waals surface area contributed by atoms with Gasteiger partial charge in [0.15, 0.2) is 0 Å². The molecule has 0 heterocycles. The van der Waals surface area contributed by atoms with Gasteiger partial charge in [0, 0.05) is 12.1 Å². The molecule has 0 aliphatic heterocycles. The van der Waals surface area contributed by atoms with Crippen LogP contribution in [0.1, 0.15) is 10.4 Å². The Bertz CT molecular complexity index is 694. The van der Waals surface area contributed by atoms with Crippen molar-refractivity contribution in [3.63, 3.8) is 0 Å². The summed E-state index contributed by atoms with van der Waals surface area (Å²) in [7, 11) is 0. The summed E-state index contributed by atoms with van der Waals surface area (Å²) in [5.41, 5.74) is 0.230. The van der Waals surface area contributed by atoms with Crippen LogP contribution in [0.5, 0.6) is 11.5 Å². The SMILES string of the molecule is C=CCOC(=O)c1ccccc1Oc1ccc([N+](=O)[O-])cc1. The molecule has 0 spiro atoms. The van der Waals surface area contributed by atoms with E-state index < -0.39 is 10.9 Å². The molecule has 2 aromatic carbocycles. The summed E-state index contributed by atoms with van der Waals surface area (Å²) in [6.45, 7) is 3.58. The van der Waals surface area contributed by atoms with Crippen LogP contribution in [0.4, 0.5) is 5.69 Å². The van der Waals surface area contributed by atoms with Gasteiger partial charge >= 0.3 is 5.97 Å². The molecule has 0 aromatic heterocycles. The fourth-order valence-corrected chi connectivity index (χ4v) is 1.70. The highest BCUT2D eigenvalue weighted by Crippen LogP contribution is 2.27. The zero-order chi connectivity index (χ0) is 15.9. The van der Waals surface area contributed by atoms with Crippen LogP contribution in [-0.2, 0) is 4.74 Å². The van der Waals surface area contributed by atoms with E-state index in [1.54, 1.807) is 24.3 Å². The van der Waals surface area contributed by atoms with Gasteiger partial charge in [-0.1, -0.05) is 24.8 Å². The van der Waals surface area contributed by atoms with Gasteiger partial charge in [-0.15, -0.1) is 0 Å². The third kappa shape index (κ3) is 3.69. The van der Waals surface area contributed by atoms with Crippen molar-refractivity contribution in [2.75, 3.05) is 6.61 Å². The van der Waals surface area contributed by atoms with E-state index in [0.29, 0.717) is 11.5 Å². The molecule has 0 unspecified atom stereocenters. The Kier molecular flexibility index (Phi) is 4.87. The van der Waals surface area contributed by atoms with Gasteiger partial charge in [0.05, 0.1) is 4.92 Å². The van der Waals surface area contributed by atoms with Crippen molar-refractivity contribution < 1.29 is 19.2 Å². The van der Waals surface area contributed by atoms with Crippen molar-refractivity contribution in [3.05, 3.63) is 76.9 Å². The number of non-ortho nitro benzene ring substituents is 1. The molecule has 0 amide bonds. The van der Waals surface area contributed by atoms with E-state index in [4.69, 9.17) is 9.47 Å². The van der Waals surface area contributed by atoms with E-state index in [1.165, 1.54) is 30.3 Å². The fourth-order valence-electron chi connectivity index (χ4n) is 1.70. The maximum Gasteiger partial charge on any atom is 0.342 e. The summed E-state index contributed by atoms with van der Waals surface area (Å²) < 4.78 is 10.6. The monoisotopic (exact) mass is 299 g/mol. The molecule has 2 rings (SSSR count). The van der Waals surface area contributed by atoms with Crippen LogP contribution < -0.4 is 4.74 Å². The number of carbonyl (C=O) groups excluding carboxylic acids is 1. The number of nitro groups is 1. The molecule has 0 aliphatic rings. The van der Waals surface area contributed by atoms with E-state index in [0.717, 1.165) is 0 Å². The van der Waals surface area contributed by atoms with Crippen LogP contribution in [0.2, 0.25) is 0 Å². The molecule has 0 bridgehead atoms. The van der Waals surface area contributed by atoms with Crippen molar-refractivity contribution in [1.82, 2.24) is 0 Å². The first-order valence-electron chi connectivity index (χ1n) is 6.41. The van der Waals surface area contributed by atoms with Crippen molar-refractivity contribution in [1.29, 1.82) is 0 Å². The van der Waals surface area contributed by atoms with Crippen LogP contribution in [0, 0.1) is 10.1 Å². The highest BCUT2D eigenvalue weighted by atomic mass is 16.6. The van der Waals surface area contributed by atoms with E-state index in [-0.39, 0.29) is 17.9 Å². The second-order valence-electron chi connectivity index (χ2n) is 4.24. The Balaban J connectivity index is 2.20. The molecule has 2 aromatic rings. The van der Waals surface area contributed by atoms with Crippen molar-refractivity contribution in [2.24, 2.45) is 0 Å². The van der Waals surface area contributed by atoms with Crippen LogP contribution in [0.3, 0.4) is 0 Å². The number of carbonyl (C=O) groups is 1. The number of esters is 1. The first kappa shape index (κ1) is 15.2. The average molecular weight is 299 g/mol. The van der Waals surface area contributed by atoms with Gasteiger partial charge in [0.2, 0.25) is 0 Å². The van der Waals surface area contributed by atoms with Gasteiger partial charge in [0.25, 0.3) is 5.69 Å². The smallest absolute Gasteiger partial charge is 0.342 e.